The van der Waals surface area contributed by atoms with Crippen molar-refractivity contribution >= 4 is 11.9 Å². The highest BCUT2D eigenvalue weighted by molar-refractivity contribution is 5.92. The summed E-state index contributed by atoms with van der Waals surface area (Å²) in [5.41, 5.74) is 2.38. The van der Waals surface area contributed by atoms with Crippen molar-refractivity contribution in [3.8, 4) is 0 Å². The summed E-state index contributed by atoms with van der Waals surface area (Å²) in [4.78, 5) is 33.7. The van der Waals surface area contributed by atoms with E-state index in [1.54, 1.807) is 11.1 Å². The summed E-state index contributed by atoms with van der Waals surface area (Å²) in [6.07, 6.45) is 7.23. The molecule has 124 valence electrons. The van der Waals surface area contributed by atoms with Gasteiger partial charge in [0.2, 0.25) is 5.95 Å². The number of hydrogen-bond donors (Lipinski definition) is 0. The summed E-state index contributed by atoms with van der Waals surface area (Å²) in [7, 11) is 0. The third kappa shape index (κ3) is 2.92. The number of anilines is 1. The van der Waals surface area contributed by atoms with Crippen LogP contribution in [-0.4, -0.2) is 63.6 Å². The molecule has 0 saturated carbocycles. The van der Waals surface area contributed by atoms with E-state index in [2.05, 4.69) is 19.9 Å². The van der Waals surface area contributed by atoms with E-state index in [1.807, 2.05) is 6.20 Å². The molecule has 1 fully saturated rings. The van der Waals surface area contributed by atoms with Crippen LogP contribution in [0.25, 0.3) is 0 Å². The maximum Gasteiger partial charge on any atom is 0.274 e. The standard InChI is InChI=1S/C16H18N6O2/c23-15(13-10-17-2-3-18-13)22-4-1-12-9-19-16(20-14(12)11-22)21-5-7-24-8-6-21/h2-3,9-10H,1,4-8,11H2. The van der Waals surface area contributed by atoms with E-state index in [0.717, 1.165) is 30.8 Å². The Hall–Kier alpha value is -2.61. The zero-order valence-corrected chi connectivity index (χ0v) is 13.3. The van der Waals surface area contributed by atoms with Gasteiger partial charge in [-0.25, -0.2) is 15.0 Å². The van der Waals surface area contributed by atoms with Crippen molar-refractivity contribution in [2.45, 2.75) is 13.0 Å². The quantitative estimate of drug-likeness (QED) is 0.785. The number of nitrogens with zero attached hydrogens (tertiary/aromatic N) is 6. The molecule has 0 spiro atoms. The molecule has 4 heterocycles. The molecule has 24 heavy (non-hydrogen) atoms. The van der Waals surface area contributed by atoms with E-state index in [4.69, 9.17) is 9.72 Å². The van der Waals surface area contributed by atoms with Crippen LogP contribution in [0.15, 0.2) is 24.8 Å². The van der Waals surface area contributed by atoms with Gasteiger partial charge in [-0.2, -0.15) is 0 Å². The molecule has 8 nitrogen and oxygen atoms in total. The second-order valence-electron chi connectivity index (χ2n) is 5.81. The van der Waals surface area contributed by atoms with Crippen LogP contribution in [0.3, 0.4) is 0 Å². The normalized spacial score (nSPS) is 17.5. The minimum Gasteiger partial charge on any atom is -0.378 e. The first kappa shape index (κ1) is 14.9. The fraction of sp³-hybridized carbons (Fsp3) is 0.438. The van der Waals surface area contributed by atoms with E-state index < -0.39 is 0 Å². The number of amides is 1. The number of carbonyl (C=O) groups excluding carboxylic acids is 1. The summed E-state index contributed by atoms with van der Waals surface area (Å²) in [5.74, 6) is 0.603. The van der Waals surface area contributed by atoms with Gasteiger partial charge < -0.3 is 14.5 Å². The zero-order chi connectivity index (χ0) is 16.4. The van der Waals surface area contributed by atoms with Crippen LogP contribution in [0.1, 0.15) is 21.7 Å². The largest absolute Gasteiger partial charge is 0.378 e. The summed E-state index contributed by atoms with van der Waals surface area (Å²) < 4.78 is 5.37. The van der Waals surface area contributed by atoms with Gasteiger partial charge in [-0.05, 0) is 12.0 Å². The van der Waals surface area contributed by atoms with E-state index in [9.17, 15) is 4.79 Å². The summed E-state index contributed by atoms with van der Waals surface area (Å²) in [6, 6.07) is 0. The number of rotatable bonds is 2. The first-order valence-electron chi connectivity index (χ1n) is 8.04. The van der Waals surface area contributed by atoms with E-state index in [1.165, 1.54) is 12.4 Å². The van der Waals surface area contributed by atoms with Crippen LogP contribution in [-0.2, 0) is 17.7 Å². The SMILES string of the molecule is O=C(c1cnccn1)N1CCc2cnc(N3CCOCC3)nc2C1. The molecule has 2 aliphatic heterocycles. The molecule has 0 aromatic carbocycles. The van der Waals surface area contributed by atoms with Crippen molar-refractivity contribution in [3.63, 3.8) is 0 Å². The third-order valence-corrected chi connectivity index (χ3v) is 4.30. The Bertz CT molecular complexity index is 733. The maximum absolute atomic E-state index is 12.5. The summed E-state index contributed by atoms with van der Waals surface area (Å²) in [6.45, 7) is 4.09. The molecule has 1 amide bonds. The highest BCUT2D eigenvalue weighted by Crippen LogP contribution is 2.20. The Labute approximate surface area is 139 Å². The van der Waals surface area contributed by atoms with Gasteiger partial charge in [-0.15, -0.1) is 0 Å². The van der Waals surface area contributed by atoms with Gasteiger partial charge in [0.25, 0.3) is 5.91 Å². The van der Waals surface area contributed by atoms with Crippen molar-refractivity contribution in [1.29, 1.82) is 0 Å². The average Bonchev–Trinajstić information content (AvgIpc) is 2.68. The van der Waals surface area contributed by atoms with Gasteiger partial charge >= 0.3 is 0 Å². The van der Waals surface area contributed by atoms with Crippen molar-refractivity contribution in [2.75, 3.05) is 37.7 Å². The van der Waals surface area contributed by atoms with E-state index >= 15 is 0 Å². The molecule has 0 radical (unpaired) electrons. The fourth-order valence-electron chi connectivity index (χ4n) is 2.95. The lowest BCUT2D eigenvalue weighted by Gasteiger charge is -2.30. The molecule has 0 N–H and O–H groups in total. The first-order chi connectivity index (χ1) is 11.8. The molecule has 4 rings (SSSR count). The Balaban J connectivity index is 1.54. The Morgan fingerprint density at radius 3 is 2.75 bits per heavy atom. The molecule has 8 heteroatoms. The smallest absolute Gasteiger partial charge is 0.274 e. The first-order valence-corrected chi connectivity index (χ1v) is 8.04. The Morgan fingerprint density at radius 2 is 1.96 bits per heavy atom. The Morgan fingerprint density at radius 1 is 1.08 bits per heavy atom. The average molecular weight is 326 g/mol. The van der Waals surface area contributed by atoms with Gasteiger partial charge in [0.05, 0.1) is 31.6 Å². The van der Waals surface area contributed by atoms with Crippen LogP contribution in [0.2, 0.25) is 0 Å². The van der Waals surface area contributed by atoms with Crippen molar-refractivity contribution in [2.24, 2.45) is 0 Å². The fourth-order valence-corrected chi connectivity index (χ4v) is 2.95. The summed E-state index contributed by atoms with van der Waals surface area (Å²) in [5, 5.41) is 0. The number of fused-ring (bicyclic) bond motifs is 1. The molecule has 0 bridgehead atoms. The maximum atomic E-state index is 12.5. The lowest BCUT2D eigenvalue weighted by atomic mass is 10.1. The minimum atomic E-state index is -0.111. The van der Waals surface area contributed by atoms with Gasteiger partial charge in [0, 0.05) is 38.2 Å². The third-order valence-electron chi connectivity index (χ3n) is 4.30. The highest BCUT2D eigenvalue weighted by Gasteiger charge is 2.25. The minimum absolute atomic E-state index is 0.111. The molecule has 0 aliphatic carbocycles. The number of hydrogen-bond acceptors (Lipinski definition) is 7. The predicted octanol–water partition coefficient (Wildman–Crippen LogP) is 0.302. The number of aromatic nitrogens is 4. The molecule has 0 atom stereocenters. The Kier molecular flexibility index (Phi) is 4.04. The monoisotopic (exact) mass is 326 g/mol. The molecular formula is C16H18N6O2. The van der Waals surface area contributed by atoms with Crippen molar-refractivity contribution < 1.29 is 9.53 Å². The molecular weight excluding hydrogens is 308 g/mol. The second-order valence-corrected chi connectivity index (χ2v) is 5.81. The van der Waals surface area contributed by atoms with Crippen LogP contribution in [0.5, 0.6) is 0 Å². The lowest BCUT2D eigenvalue weighted by molar-refractivity contribution is 0.0725. The van der Waals surface area contributed by atoms with Gasteiger partial charge in [0.1, 0.15) is 5.69 Å². The summed E-state index contributed by atoms with van der Waals surface area (Å²) >= 11 is 0. The lowest BCUT2D eigenvalue weighted by Crippen LogP contribution is -2.39. The second kappa shape index (κ2) is 6.48. The zero-order valence-electron chi connectivity index (χ0n) is 13.3. The van der Waals surface area contributed by atoms with E-state index in [0.29, 0.717) is 37.9 Å². The number of ether oxygens (including phenoxy) is 1. The molecule has 2 aromatic rings. The van der Waals surface area contributed by atoms with Crippen LogP contribution < -0.4 is 4.90 Å². The number of carbonyl (C=O) groups is 1. The number of morpholine rings is 1. The van der Waals surface area contributed by atoms with Crippen molar-refractivity contribution in [3.05, 3.63) is 41.7 Å². The van der Waals surface area contributed by atoms with Crippen molar-refractivity contribution in [1.82, 2.24) is 24.8 Å². The van der Waals surface area contributed by atoms with Gasteiger partial charge in [-0.3, -0.25) is 9.78 Å². The van der Waals surface area contributed by atoms with Gasteiger partial charge in [0.15, 0.2) is 0 Å². The predicted molar refractivity (Wildman–Crippen MR) is 85.5 cm³/mol. The molecule has 2 aliphatic rings. The van der Waals surface area contributed by atoms with Gasteiger partial charge in [-0.1, -0.05) is 0 Å². The highest BCUT2D eigenvalue weighted by atomic mass is 16.5. The topological polar surface area (TPSA) is 84.3 Å². The van der Waals surface area contributed by atoms with Crippen LogP contribution in [0, 0.1) is 0 Å². The van der Waals surface area contributed by atoms with E-state index in [-0.39, 0.29) is 5.91 Å². The molecule has 1 saturated heterocycles. The molecule has 2 aromatic heterocycles. The molecule has 0 unspecified atom stereocenters. The van der Waals surface area contributed by atoms with Crippen LogP contribution in [0.4, 0.5) is 5.95 Å². The van der Waals surface area contributed by atoms with Crippen LogP contribution >= 0.6 is 0 Å².